The highest BCUT2D eigenvalue weighted by Crippen LogP contribution is 2.44. The van der Waals surface area contributed by atoms with E-state index in [0.29, 0.717) is 0 Å². The van der Waals surface area contributed by atoms with Crippen molar-refractivity contribution in [1.82, 2.24) is 0 Å². The maximum Gasteiger partial charge on any atom is 0.419 e. The number of nitrogens with zero attached hydrogens (tertiary/aromatic N) is 1. The maximum atomic E-state index is 12.8. The number of fused-ring (bicyclic) bond motifs is 2. The molecule has 114 valence electrons. The van der Waals surface area contributed by atoms with E-state index in [1.165, 1.54) is 9.79 Å². The predicted octanol–water partition coefficient (Wildman–Crippen LogP) is 4.74. The normalized spacial score (nSPS) is 14.3. The summed E-state index contributed by atoms with van der Waals surface area (Å²) in [6.45, 7) is 5.66. The van der Waals surface area contributed by atoms with Gasteiger partial charge in [-0.3, -0.25) is 0 Å². The summed E-state index contributed by atoms with van der Waals surface area (Å²) in [7, 11) is -0.0499. The van der Waals surface area contributed by atoms with Crippen molar-refractivity contribution in [3.05, 3.63) is 48.5 Å². The molecule has 0 atom stereocenters. The number of carbonyl (C=O) groups is 1. The standard InChI is InChI=1S/C18H20NO2S/c1-18(2,3)21-17(20)19-13-9-5-7-11-15(13)22(4)16-12-8-6-10-14(16)19/h5-12H,1-4H3/q+1. The Morgan fingerprint density at radius 2 is 1.41 bits per heavy atom. The molecule has 2 aromatic rings. The van der Waals surface area contributed by atoms with Crippen molar-refractivity contribution < 1.29 is 9.53 Å². The van der Waals surface area contributed by atoms with Gasteiger partial charge in [0.15, 0.2) is 9.79 Å². The van der Waals surface area contributed by atoms with Gasteiger partial charge in [-0.15, -0.1) is 0 Å². The van der Waals surface area contributed by atoms with Crippen LogP contribution in [0.3, 0.4) is 0 Å². The van der Waals surface area contributed by atoms with Gasteiger partial charge in [0.05, 0.1) is 10.9 Å². The molecule has 0 unspecified atom stereocenters. The fraction of sp³-hybridized carbons (Fsp3) is 0.278. The number of amides is 1. The van der Waals surface area contributed by atoms with Crippen molar-refractivity contribution in [3.8, 4) is 0 Å². The van der Waals surface area contributed by atoms with Crippen LogP contribution in [0.4, 0.5) is 16.2 Å². The number of anilines is 2. The second kappa shape index (κ2) is 5.36. The molecule has 0 aliphatic carbocycles. The van der Waals surface area contributed by atoms with Crippen LogP contribution < -0.4 is 4.90 Å². The SMILES string of the molecule is C[S+]1c2ccccc2N(C(=O)OC(C)(C)C)c2ccccc21. The minimum atomic E-state index is -0.522. The van der Waals surface area contributed by atoms with Crippen molar-refractivity contribution in [2.24, 2.45) is 0 Å². The van der Waals surface area contributed by atoms with E-state index in [9.17, 15) is 4.79 Å². The Kier molecular flexibility index (Phi) is 3.65. The van der Waals surface area contributed by atoms with Crippen LogP contribution in [0.2, 0.25) is 0 Å². The summed E-state index contributed by atoms with van der Waals surface area (Å²) in [6.07, 6.45) is 1.87. The van der Waals surface area contributed by atoms with E-state index in [-0.39, 0.29) is 17.0 Å². The van der Waals surface area contributed by atoms with Gasteiger partial charge >= 0.3 is 6.09 Å². The van der Waals surface area contributed by atoms with Crippen molar-refractivity contribution >= 4 is 28.4 Å². The largest absolute Gasteiger partial charge is 0.443 e. The molecule has 0 saturated carbocycles. The van der Waals surface area contributed by atoms with E-state index in [4.69, 9.17) is 4.74 Å². The molecule has 1 aliphatic rings. The second-order valence-electron chi connectivity index (χ2n) is 6.26. The predicted molar refractivity (Wildman–Crippen MR) is 91.1 cm³/mol. The van der Waals surface area contributed by atoms with E-state index in [0.717, 1.165) is 11.4 Å². The molecule has 1 heterocycles. The number of ether oxygens (including phenoxy) is 1. The summed E-state index contributed by atoms with van der Waals surface area (Å²) in [5.41, 5.74) is 1.31. The van der Waals surface area contributed by atoms with Crippen LogP contribution in [-0.4, -0.2) is 18.0 Å². The first kappa shape index (κ1) is 15.0. The van der Waals surface area contributed by atoms with Crippen LogP contribution in [-0.2, 0) is 15.6 Å². The summed E-state index contributed by atoms with van der Waals surface area (Å²) in [5, 5.41) is 0. The Balaban J connectivity index is 2.14. The van der Waals surface area contributed by atoms with E-state index in [1.54, 1.807) is 4.90 Å². The molecule has 0 radical (unpaired) electrons. The fourth-order valence-electron chi connectivity index (χ4n) is 2.55. The maximum absolute atomic E-state index is 12.8. The van der Waals surface area contributed by atoms with Gasteiger partial charge in [0.2, 0.25) is 0 Å². The molecule has 3 nitrogen and oxygen atoms in total. The molecule has 0 spiro atoms. The lowest BCUT2D eigenvalue weighted by molar-refractivity contribution is 0.0597. The zero-order valence-corrected chi connectivity index (χ0v) is 14.1. The third kappa shape index (κ3) is 2.59. The molecule has 1 amide bonds. The molecule has 0 fully saturated rings. The topological polar surface area (TPSA) is 29.5 Å². The van der Waals surface area contributed by atoms with Crippen LogP contribution in [0.5, 0.6) is 0 Å². The van der Waals surface area contributed by atoms with Gasteiger partial charge in [0, 0.05) is 0 Å². The van der Waals surface area contributed by atoms with Crippen molar-refractivity contribution in [1.29, 1.82) is 0 Å². The molecule has 1 aliphatic heterocycles. The second-order valence-corrected chi connectivity index (χ2v) is 8.16. The first-order valence-corrected chi connectivity index (χ1v) is 8.89. The van der Waals surface area contributed by atoms with E-state index < -0.39 is 5.60 Å². The fourth-order valence-corrected chi connectivity index (χ4v) is 4.30. The first-order chi connectivity index (χ1) is 10.4. The van der Waals surface area contributed by atoms with Crippen LogP contribution in [0.1, 0.15) is 20.8 Å². The molecular weight excluding hydrogens is 294 g/mol. The lowest BCUT2D eigenvalue weighted by Gasteiger charge is -2.31. The Morgan fingerprint density at radius 1 is 0.955 bits per heavy atom. The summed E-state index contributed by atoms with van der Waals surface area (Å²) in [4.78, 5) is 16.8. The van der Waals surface area contributed by atoms with Crippen molar-refractivity contribution in [3.63, 3.8) is 0 Å². The van der Waals surface area contributed by atoms with Crippen LogP contribution in [0.15, 0.2) is 58.3 Å². The molecule has 4 heteroatoms. The quantitative estimate of drug-likeness (QED) is 0.657. The van der Waals surface area contributed by atoms with E-state index in [1.807, 2.05) is 57.2 Å². The lowest BCUT2D eigenvalue weighted by atomic mass is 10.2. The molecular formula is C18H20NO2S+. The van der Waals surface area contributed by atoms with Gasteiger partial charge in [-0.2, -0.15) is 0 Å². The number of hydrogen-bond acceptors (Lipinski definition) is 2. The first-order valence-electron chi connectivity index (χ1n) is 7.25. The lowest BCUT2D eigenvalue weighted by Crippen LogP contribution is -2.36. The molecule has 0 aromatic heterocycles. The minimum Gasteiger partial charge on any atom is -0.443 e. The molecule has 0 N–H and O–H groups in total. The smallest absolute Gasteiger partial charge is 0.419 e. The zero-order valence-electron chi connectivity index (χ0n) is 13.3. The average molecular weight is 314 g/mol. The highest BCUT2D eigenvalue weighted by atomic mass is 32.2. The molecule has 22 heavy (non-hydrogen) atoms. The van der Waals surface area contributed by atoms with E-state index in [2.05, 4.69) is 18.4 Å². The van der Waals surface area contributed by atoms with Crippen molar-refractivity contribution in [2.45, 2.75) is 36.2 Å². The van der Waals surface area contributed by atoms with Crippen LogP contribution in [0, 0.1) is 0 Å². The van der Waals surface area contributed by atoms with Crippen LogP contribution >= 0.6 is 0 Å². The summed E-state index contributed by atoms with van der Waals surface area (Å²) >= 11 is 0. The number of rotatable bonds is 0. The highest BCUT2D eigenvalue weighted by Gasteiger charge is 2.40. The highest BCUT2D eigenvalue weighted by molar-refractivity contribution is 7.96. The Morgan fingerprint density at radius 3 is 1.86 bits per heavy atom. The van der Waals surface area contributed by atoms with Crippen LogP contribution in [0.25, 0.3) is 0 Å². The van der Waals surface area contributed by atoms with Gasteiger partial charge in [-0.25, -0.2) is 9.69 Å². The van der Waals surface area contributed by atoms with E-state index >= 15 is 0 Å². The van der Waals surface area contributed by atoms with Crippen molar-refractivity contribution in [2.75, 3.05) is 11.2 Å². The minimum absolute atomic E-state index is 0.0499. The summed E-state index contributed by atoms with van der Waals surface area (Å²) in [6, 6.07) is 16.1. The third-order valence-electron chi connectivity index (χ3n) is 3.45. The number of carbonyl (C=O) groups excluding carboxylic acids is 1. The Labute approximate surface area is 134 Å². The number of benzene rings is 2. The van der Waals surface area contributed by atoms with Gasteiger partial charge in [-0.05, 0) is 45.0 Å². The molecule has 0 bridgehead atoms. The molecule has 0 saturated heterocycles. The third-order valence-corrected chi connectivity index (χ3v) is 5.46. The summed E-state index contributed by atoms with van der Waals surface area (Å²) < 4.78 is 5.62. The Bertz CT molecular complexity index is 674. The van der Waals surface area contributed by atoms with Gasteiger partial charge in [-0.1, -0.05) is 24.3 Å². The molecule has 3 rings (SSSR count). The monoisotopic (exact) mass is 314 g/mol. The van der Waals surface area contributed by atoms with Gasteiger partial charge < -0.3 is 4.74 Å². The number of hydrogen-bond donors (Lipinski definition) is 0. The van der Waals surface area contributed by atoms with Gasteiger partial charge in [0.25, 0.3) is 0 Å². The average Bonchev–Trinajstić information content (AvgIpc) is 2.46. The number of para-hydroxylation sites is 2. The molecule has 2 aromatic carbocycles. The summed E-state index contributed by atoms with van der Waals surface area (Å²) in [5.74, 6) is 0. The zero-order chi connectivity index (χ0) is 15.9. The Hall–Kier alpha value is -1.94. The van der Waals surface area contributed by atoms with Gasteiger partial charge in [0.1, 0.15) is 23.2 Å².